The minimum atomic E-state index is -0.145. The Labute approximate surface area is 182 Å². The maximum Gasteiger partial charge on any atom is 0.233 e. The first kappa shape index (κ1) is 21.2. The van der Waals surface area contributed by atoms with E-state index in [2.05, 4.69) is 27.8 Å². The van der Waals surface area contributed by atoms with Gasteiger partial charge in [-0.1, -0.05) is 24.3 Å². The highest BCUT2D eigenvalue weighted by molar-refractivity contribution is 6.06. The number of rotatable bonds is 8. The van der Waals surface area contributed by atoms with Crippen molar-refractivity contribution in [3.8, 4) is 11.5 Å². The maximum absolute atomic E-state index is 12.7. The lowest BCUT2D eigenvalue weighted by Crippen LogP contribution is -2.45. The Morgan fingerprint density at radius 2 is 1.77 bits per heavy atom. The third-order valence-electron chi connectivity index (χ3n) is 6.37. The van der Waals surface area contributed by atoms with Crippen LogP contribution in [0.25, 0.3) is 0 Å². The van der Waals surface area contributed by atoms with E-state index in [0.29, 0.717) is 37.1 Å². The van der Waals surface area contributed by atoms with Gasteiger partial charge in [-0.15, -0.1) is 0 Å². The molecule has 31 heavy (non-hydrogen) atoms. The van der Waals surface area contributed by atoms with Crippen molar-refractivity contribution in [1.29, 1.82) is 0 Å². The molecule has 2 aliphatic carbocycles. The number of benzene rings is 1. The number of carbonyl (C=O) groups excluding carboxylic acids is 2. The number of ether oxygens (including phenoxy) is 2. The Morgan fingerprint density at radius 1 is 1.13 bits per heavy atom. The van der Waals surface area contributed by atoms with Crippen LogP contribution in [0.5, 0.6) is 11.5 Å². The molecule has 1 aliphatic heterocycles. The maximum atomic E-state index is 12.7. The van der Waals surface area contributed by atoms with Crippen LogP contribution in [0.2, 0.25) is 0 Å². The summed E-state index contributed by atoms with van der Waals surface area (Å²) in [7, 11) is 3.29. The molecule has 1 saturated carbocycles. The lowest BCUT2D eigenvalue weighted by Gasteiger charge is -2.20. The molecule has 1 aromatic rings. The summed E-state index contributed by atoms with van der Waals surface area (Å²) in [5.74, 6) is 2.11. The average Bonchev–Trinajstić information content (AvgIpc) is 3.46. The van der Waals surface area contributed by atoms with E-state index >= 15 is 0 Å². The SMILES string of the molecule is CN=C(NCCN1C(=O)C2C3C=CC(C3)C2C1=O)NCC(C)Oc1ccccc1OC. The normalized spacial score (nSPS) is 27.5. The summed E-state index contributed by atoms with van der Waals surface area (Å²) in [6.45, 7) is 3.27. The first-order valence-electron chi connectivity index (χ1n) is 10.8. The van der Waals surface area contributed by atoms with Crippen LogP contribution in [0, 0.1) is 23.7 Å². The molecule has 5 unspecified atom stereocenters. The third-order valence-corrected chi connectivity index (χ3v) is 6.37. The van der Waals surface area contributed by atoms with Gasteiger partial charge < -0.3 is 20.1 Å². The molecule has 2 N–H and O–H groups in total. The Balaban J connectivity index is 1.22. The van der Waals surface area contributed by atoms with Crippen LogP contribution in [0.1, 0.15) is 13.3 Å². The first-order chi connectivity index (χ1) is 15.0. The van der Waals surface area contributed by atoms with Gasteiger partial charge in [0.2, 0.25) is 11.8 Å². The zero-order chi connectivity index (χ0) is 22.0. The van der Waals surface area contributed by atoms with Gasteiger partial charge in [-0.3, -0.25) is 19.5 Å². The van der Waals surface area contributed by atoms with E-state index in [-0.39, 0.29) is 41.6 Å². The van der Waals surface area contributed by atoms with Crippen molar-refractivity contribution in [3.05, 3.63) is 36.4 Å². The van der Waals surface area contributed by atoms with Crippen molar-refractivity contribution in [1.82, 2.24) is 15.5 Å². The van der Waals surface area contributed by atoms with E-state index in [1.165, 1.54) is 4.90 Å². The molecule has 1 saturated heterocycles. The number of fused-ring (bicyclic) bond motifs is 5. The van der Waals surface area contributed by atoms with E-state index in [9.17, 15) is 9.59 Å². The monoisotopic (exact) mass is 426 g/mol. The Hall–Kier alpha value is -3.03. The molecule has 0 radical (unpaired) electrons. The van der Waals surface area contributed by atoms with Gasteiger partial charge in [0.05, 0.1) is 25.5 Å². The highest BCUT2D eigenvalue weighted by Gasteiger charge is 2.58. The number of para-hydroxylation sites is 2. The van der Waals surface area contributed by atoms with Gasteiger partial charge in [0.1, 0.15) is 6.10 Å². The Bertz CT molecular complexity index is 869. The molecule has 8 nitrogen and oxygen atoms in total. The Morgan fingerprint density at radius 3 is 2.39 bits per heavy atom. The second-order valence-corrected chi connectivity index (χ2v) is 8.29. The number of imide groups is 1. The lowest BCUT2D eigenvalue weighted by molar-refractivity contribution is -0.140. The number of nitrogens with one attached hydrogen (secondary N) is 2. The van der Waals surface area contributed by atoms with Gasteiger partial charge in [-0.2, -0.15) is 0 Å². The zero-order valence-corrected chi connectivity index (χ0v) is 18.2. The predicted molar refractivity (Wildman–Crippen MR) is 117 cm³/mol. The van der Waals surface area contributed by atoms with Gasteiger partial charge in [0.25, 0.3) is 0 Å². The quantitative estimate of drug-likeness (QED) is 0.283. The van der Waals surface area contributed by atoms with Crippen LogP contribution in [0.3, 0.4) is 0 Å². The largest absolute Gasteiger partial charge is 0.493 e. The van der Waals surface area contributed by atoms with Crippen molar-refractivity contribution in [2.24, 2.45) is 28.7 Å². The Kier molecular flexibility index (Phi) is 6.15. The smallest absolute Gasteiger partial charge is 0.233 e. The average molecular weight is 427 g/mol. The molecule has 0 aromatic heterocycles. The fourth-order valence-corrected chi connectivity index (χ4v) is 4.91. The second kappa shape index (κ2) is 8.99. The van der Waals surface area contributed by atoms with Crippen molar-refractivity contribution >= 4 is 17.8 Å². The number of carbonyl (C=O) groups is 2. The first-order valence-corrected chi connectivity index (χ1v) is 10.8. The lowest BCUT2D eigenvalue weighted by atomic mass is 9.85. The predicted octanol–water partition coefficient (Wildman–Crippen LogP) is 1.43. The number of hydrogen-bond donors (Lipinski definition) is 2. The number of allylic oxidation sites excluding steroid dienone is 2. The molecule has 0 spiro atoms. The number of amides is 2. The molecule has 8 heteroatoms. The van der Waals surface area contributed by atoms with Crippen LogP contribution >= 0.6 is 0 Å². The number of methoxy groups -OCH3 is 1. The van der Waals surface area contributed by atoms with Crippen LogP contribution in [-0.4, -0.2) is 62.6 Å². The van der Waals surface area contributed by atoms with Crippen molar-refractivity contribution < 1.29 is 19.1 Å². The third kappa shape index (κ3) is 4.11. The van der Waals surface area contributed by atoms with Crippen LogP contribution in [0.4, 0.5) is 0 Å². The molecular formula is C23H30N4O4. The molecule has 5 atom stereocenters. The molecule has 4 rings (SSSR count). The number of nitrogens with zero attached hydrogens (tertiary/aromatic N) is 2. The van der Waals surface area contributed by atoms with Gasteiger partial charge >= 0.3 is 0 Å². The highest BCUT2D eigenvalue weighted by atomic mass is 16.5. The van der Waals surface area contributed by atoms with Gasteiger partial charge in [0, 0.05) is 20.1 Å². The minimum absolute atomic E-state index is 0.0181. The molecule has 1 heterocycles. The van der Waals surface area contributed by atoms with E-state index < -0.39 is 0 Å². The highest BCUT2D eigenvalue weighted by Crippen LogP contribution is 2.52. The second-order valence-electron chi connectivity index (χ2n) is 8.29. The van der Waals surface area contributed by atoms with Crippen LogP contribution < -0.4 is 20.1 Å². The summed E-state index contributed by atoms with van der Waals surface area (Å²) in [6, 6.07) is 7.51. The number of guanidine groups is 1. The molecule has 3 aliphatic rings. The summed E-state index contributed by atoms with van der Waals surface area (Å²) in [5.41, 5.74) is 0. The molecule has 2 amide bonds. The minimum Gasteiger partial charge on any atom is -0.493 e. The number of hydrogen-bond acceptors (Lipinski definition) is 5. The fourth-order valence-electron chi connectivity index (χ4n) is 4.91. The van der Waals surface area contributed by atoms with Crippen LogP contribution in [-0.2, 0) is 9.59 Å². The zero-order valence-electron chi connectivity index (χ0n) is 18.2. The molecule has 1 aromatic carbocycles. The van der Waals surface area contributed by atoms with Crippen molar-refractivity contribution in [2.75, 3.05) is 33.8 Å². The topological polar surface area (TPSA) is 92.3 Å². The van der Waals surface area contributed by atoms with E-state index in [0.717, 1.165) is 6.42 Å². The summed E-state index contributed by atoms with van der Waals surface area (Å²) in [5, 5.41) is 6.39. The van der Waals surface area contributed by atoms with Gasteiger partial charge in [-0.25, -0.2) is 0 Å². The molecule has 2 fully saturated rings. The van der Waals surface area contributed by atoms with E-state index in [1.54, 1.807) is 14.2 Å². The molecule has 166 valence electrons. The summed E-state index contributed by atoms with van der Waals surface area (Å²) in [4.78, 5) is 31.1. The fraction of sp³-hybridized carbons (Fsp3) is 0.522. The number of likely N-dealkylation sites (tertiary alicyclic amines) is 1. The summed E-state index contributed by atoms with van der Waals surface area (Å²) < 4.78 is 11.3. The van der Waals surface area contributed by atoms with E-state index in [4.69, 9.17) is 9.47 Å². The van der Waals surface area contributed by atoms with Crippen molar-refractivity contribution in [3.63, 3.8) is 0 Å². The van der Waals surface area contributed by atoms with Crippen molar-refractivity contribution in [2.45, 2.75) is 19.4 Å². The summed E-state index contributed by atoms with van der Waals surface area (Å²) >= 11 is 0. The van der Waals surface area contributed by atoms with Crippen LogP contribution in [0.15, 0.2) is 41.4 Å². The molecule has 2 bridgehead atoms. The standard InChI is InChI=1S/C23H30N4O4/c1-14(31-18-7-5-4-6-17(18)30-3)13-26-23(24-2)25-10-11-27-21(28)19-15-8-9-16(12-15)20(19)22(27)29/h4-9,14-16,19-20H,10-13H2,1-3H3,(H2,24,25,26). The van der Waals surface area contributed by atoms with Gasteiger partial charge in [-0.05, 0) is 37.3 Å². The van der Waals surface area contributed by atoms with E-state index in [1.807, 2.05) is 31.2 Å². The number of aliphatic imine (C=N–C) groups is 1. The van der Waals surface area contributed by atoms with Gasteiger partial charge in [0.15, 0.2) is 17.5 Å². The molecular weight excluding hydrogens is 396 g/mol. The summed E-state index contributed by atoms with van der Waals surface area (Å²) in [6.07, 6.45) is 5.04.